The molecule has 0 saturated carbocycles. The van der Waals surface area contributed by atoms with Gasteiger partial charge in [-0.05, 0) is 33.1 Å². The summed E-state index contributed by atoms with van der Waals surface area (Å²) in [6, 6.07) is 0.380. The molecule has 0 saturated heterocycles. The molecular formula is C26H62N2O12S2. The Bertz CT molecular complexity index is 744. The van der Waals surface area contributed by atoms with Crippen LogP contribution < -0.4 is 11.5 Å². The Hall–Kier alpha value is -0.950. The Morgan fingerprint density at radius 1 is 0.714 bits per heavy atom. The predicted molar refractivity (Wildman–Crippen MR) is 159 cm³/mol. The van der Waals surface area contributed by atoms with E-state index >= 15 is 0 Å². The van der Waals surface area contributed by atoms with Gasteiger partial charge in [-0.1, -0.05) is 78.6 Å². The van der Waals surface area contributed by atoms with Crippen molar-refractivity contribution in [2.45, 2.75) is 123 Å². The lowest BCUT2D eigenvalue weighted by atomic mass is 10.1. The molecule has 0 aromatic heterocycles. The number of carbonyl (C=O) groups excluding carboxylic acids is 1. The molecule has 42 heavy (non-hydrogen) atoms. The maximum absolute atomic E-state index is 10.4. The molecule has 0 heterocycles. The van der Waals surface area contributed by atoms with Gasteiger partial charge in [0.1, 0.15) is 27.5 Å². The summed E-state index contributed by atoms with van der Waals surface area (Å²) in [5.41, 5.74) is 7.01. The van der Waals surface area contributed by atoms with Gasteiger partial charge in [0, 0.05) is 6.61 Å². The van der Waals surface area contributed by atoms with Gasteiger partial charge in [0.25, 0.3) is 0 Å². The van der Waals surface area contributed by atoms with Gasteiger partial charge < -0.3 is 40.6 Å². The van der Waals surface area contributed by atoms with Gasteiger partial charge in [-0.25, -0.2) is 16.8 Å². The van der Waals surface area contributed by atoms with Crippen molar-refractivity contribution in [3.05, 3.63) is 0 Å². The molecule has 0 aromatic rings. The van der Waals surface area contributed by atoms with E-state index in [1.807, 2.05) is 27.7 Å². The van der Waals surface area contributed by atoms with Crippen molar-refractivity contribution in [3.8, 4) is 0 Å². The molecule has 0 radical (unpaired) electrons. The Labute approximate surface area is 255 Å². The summed E-state index contributed by atoms with van der Waals surface area (Å²) in [6.07, 6.45) is 11.7. The molecule has 3 unspecified atom stereocenters. The van der Waals surface area contributed by atoms with E-state index in [2.05, 4.69) is 27.3 Å². The highest BCUT2D eigenvalue weighted by atomic mass is 32.3. The van der Waals surface area contributed by atoms with Crippen LogP contribution in [0.4, 0.5) is 0 Å². The molecule has 0 aromatic carbocycles. The number of aliphatic hydroxyl groups excluding tert-OH is 3. The van der Waals surface area contributed by atoms with Gasteiger partial charge in [-0.2, -0.15) is 0 Å². The summed E-state index contributed by atoms with van der Waals surface area (Å²) in [4.78, 5) is 10.4. The molecule has 14 nitrogen and oxygen atoms in total. The van der Waals surface area contributed by atoms with E-state index in [0.717, 1.165) is 26.9 Å². The summed E-state index contributed by atoms with van der Waals surface area (Å²) in [7, 11) is -8.01. The third kappa shape index (κ3) is 58.6. The molecule has 260 valence electrons. The number of carbonyl (C=O) groups is 1. The van der Waals surface area contributed by atoms with E-state index in [1.54, 1.807) is 0 Å². The van der Waals surface area contributed by atoms with E-state index in [-0.39, 0.29) is 31.9 Å². The first-order valence-corrected chi connectivity index (χ1v) is 17.2. The molecule has 16 heteroatoms. The minimum absolute atomic E-state index is 0.0301. The lowest BCUT2D eigenvalue weighted by Gasteiger charge is -2.12. The molecule has 0 aliphatic heterocycles. The minimum atomic E-state index is -4.54. The van der Waals surface area contributed by atoms with Crippen molar-refractivity contribution >= 4 is 26.5 Å². The van der Waals surface area contributed by atoms with E-state index in [1.165, 1.54) is 44.9 Å². The fourth-order valence-electron chi connectivity index (χ4n) is 2.03. The molecule has 9 N–H and O–H groups in total. The number of quaternary nitrogens is 2. The largest absolute Gasteiger partial charge is 0.747 e. The number of aliphatic hydroxyl groups is 3. The monoisotopic (exact) mass is 658 g/mol. The van der Waals surface area contributed by atoms with Crippen LogP contribution in [-0.4, -0.2) is 98.1 Å². The maximum Gasteiger partial charge on any atom is 0.322 e. The van der Waals surface area contributed by atoms with Crippen molar-refractivity contribution in [2.75, 3.05) is 33.5 Å². The van der Waals surface area contributed by atoms with Crippen LogP contribution in [0.2, 0.25) is 0 Å². The Balaban J connectivity index is -0.000000154. The van der Waals surface area contributed by atoms with Gasteiger partial charge in [0.2, 0.25) is 10.4 Å². The first-order valence-electron chi connectivity index (χ1n) is 14.4. The van der Waals surface area contributed by atoms with E-state index < -0.39 is 31.7 Å². The van der Waals surface area contributed by atoms with Crippen molar-refractivity contribution < 1.29 is 66.4 Å². The summed E-state index contributed by atoms with van der Waals surface area (Å²) in [5.74, 6) is -0.593. The van der Waals surface area contributed by atoms with E-state index in [0.29, 0.717) is 18.9 Å². The van der Waals surface area contributed by atoms with Gasteiger partial charge >= 0.3 is 5.97 Å². The minimum Gasteiger partial charge on any atom is -0.747 e. The van der Waals surface area contributed by atoms with Gasteiger partial charge in [0.15, 0.2) is 0 Å². The number of unbranched alkanes of at least 4 members (excludes halogenated alkanes) is 9. The zero-order valence-electron chi connectivity index (χ0n) is 27.0. The summed E-state index contributed by atoms with van der Waals surface area (Å²) in [6.45, 7) is 11.6. The standard InChI is InChI=1S/C12H26O4S.C4H8O5S.C4H10O.2C3H9NO/c1-2-3-4-5-6-7-8-9-10-11-12-16-17(13,14)15;1-3(4(5)9-2)10(6,7)8;1-4(2)3-5;2*1-3(4)2-5/h2-12H2,1H3,(H,13,14,15);3H,1-2H3,(H,6,7,8);4-5H,3H2,1-2H3;2*3,5H,2,4H2,1H3. The van der Waals surface area contributed by atoms with Crippen LogP contribution in [-0.2, 0) is 34.2 Å². The summed E-state index contributed by atoms with van der Waals surface area (Å²) in [5, 5.41) is 22.7. The predicted octanol–water partition coefficient (Wildman–Crippen LogP) is 0.330. The molecule has 0 aliphatic rings. The van der Waals surface area contributed by atoms with E-state index in [4.69, 9.17) is 15.3 Å². The van der Waals surface area contributed by atoms with Gasteiger partial charge in [-0.3, -0.25) is 8.98 Å². The SMILES string of the molecule is CC(C)CO.CC([NH3+])CO.CC([NH3+])CO.CCCCCCCCCCCCOS(=O)(=O)[O-].COC(=O)C(C)S(=O)(=O)[O-]. The molecule has 0 bridgehead atoms. The summed E-state index contributed by atoms with van der Waals surface area (Å²) >= 11 is 0. The maximum atomic E-state index is 10.4. The highest BCUT2D eigenvalue weighted by Gasteiger charge is 2.19. The number of hydrogen-bond acceptors (Lipinski definition) is 12. The zero-order chi connectivity index (χ0) is 34.2. The van der Waals surface area contributed by atoms with E-state index in [9.17, 15) is 30.7 Å². The van der Waals surface area contributed by atoms with Crippen LogP contribution in [0.15, 0.2) is 0 Å². The lowest BCUT2D eigenvalue weighted by Crippen LogP contribution is -2.60. The molecule has 3 atom stereocenters. The highest BCUT2D eigenvalue weighted by molar-refractivity contribution is 7.87. The number of hydrogen-bond donors (Lipinski definition) is 5. The van der Waals surface area contributed by atoms with Crippen LogP contribution in [0.1, 0.15) is 106 Å². The zero-order valence-corrected chi connectivity index (χ0v) is 28.6. The summed E-state index contributed by atoms with van der Waals surface area (Å²) < 4.78 is 68.7. The lowest BCUT2D eigenvalue weighted by molar-refractivity contribution is -0.419. The smallest absolute Gasteiger partial charge is 0.322 e. The average Bonchev–Trinajstić information content (AvgIpc) is 2.90. The normalized spacial score (nSPS) is 12.9. The van der Waals surface area contributed by atoms with Gasteiger partial charge in [0.05, 0.1) is 26.9 Å². The van der Waals surface area contributed by atoms with Crippen molar-refractivity contribution in [1.82, 2.24) is 0 Å². The van der Waals surface area contributed by atoms with Crippen molar-refractivity contribution in [2.24, 2.45) is 5.92 Å². The quantitative estimate of drug-likeness (QED) is 0.0612. The van der Waals surface area contributed by atoms with Crippen LogP contribution in [0.5, 0.6) is 0 Å². The molecule has 0 rings (SSSR count). The Morgan fingerprint density at radius 2 is 1.02 bits per heavy atom. The Kier molecular flexibility index (Phi) is 41.7. The molecule has 0 aliphatic carbocycles. The second kappa shape index (κ2) is 34.5. The fourth-order valence-corrected chi connectivity index (χ4v) is 2.69. The molecule has 0 spiro atoms. The Morgan fingerprint density at radius 3 is 1.21 bits per heavy atom. The second-order valence-electron chi connectivity index (χ2n) is 10.2. The molecule has 0 fully saturated rings. The number of methoxy groups -OCH3 is 1. The second-order valence-corrected chi connectivity index (χ2v) is 13.0. The van der Waals surface area contributed by atoms with Gasteiger partial charge in [-0.15, -0.1) is 0 Å². The number of esters is 1. The highest BCUT2D eigenvalue weighted by Crippen LogP contribution is 2.10. The fraction of sp³-hybridized carbons (Fsp3) is 0.962. The topological polar surface area (TPSA) is 266 Å². The average molecular weight is 659 g/mol. The first-order chi connectivity index (χ1) is 19.3. The third-order valence-electron chi connectivity index (χ3n) is 4.68. The van der Waals surface area contributed by atoms with Crippen LogP contribution in [0.3, 0.4) is 0 Å². The van der Waals surface area contributed by atoms with Crippen LogP contribution in [0, 0.1) is 5.92 Å². The molecule has 0 amide bonds. The van der Waals surface area contributed by atoms with Crippen LogP contribution in [0.25, 0.3) is 0 Å². The first kappa shape index (κ1) is 50.7. The number of rotatable bonds is 17. The van der Waals surface area contributed by atoms with Crippen molar-refractivity contribution in [3.63, 3.8) is 0 Å². The third-order valence-corrected chi connectivity index (χ3v) is 6.19. The molecular weight excluding hydrogens is 596 g/mol. The van der Waals surface area contributed by atoms with Crippen LogP contribution >= 0.6 is 0 Å². The van der Waals surface area contributed by atoms with Crippen molar-refractivity contribution in [1.29, 1.82) is 0 Å². The number of ether oxygens (including phenoxy) is 1.